The number of halogens is 1. The first-order valence-electron chi connectivity index (χ1n) is 6.81. The van der Waals surface area contributed by atoms with Crippen LogP contribution in [0.15, 0.2) is 22.7 Å². The monoisotopic (exact) mass is 355 g/mol. The lowest BCUT2D eigenvalue weighted by Crippen LogP contribution is -2.35. The first kappa shape index (κ1) is 15.9. The van der Waals surface area contributed by atoms with E-state index in [-0.39, 0.29) is 11.5 Å². The molecule has 0 aliphatic carbocycles. The molecule has 1 fully saturated rings. The summed E-state index contributed by atoms with van der Waals surface area (Å²) in [4.78, 5) is 25.1. The molecule has 0 spiro atoms. The smallest absolute Gasteiger partial charge is 0.335 e. The van der Waals surface area contributed by atoms with Crippen molar-refractivity contribution >= 4 is 33.5 Å². The van der Waals surface area contributed by atoms with Gasteiger partial charge in [-0.3, -0.25) is 9.69 Å². The van der Waals surface area contributed by atoms with E-state index in [0.717, 1.165) is 32.6 Å². The van der Waals surface area contributed by atoms with Crippen molar-refractivity contribution < 1.29 is 14.7 Å². The van der Waals surface area contributed by atoms with Crippen molar-refractivity contribution in [3.8, 4) is 0 Å². The molecule has 7 heteroatoms. The fourth-order valence-corrected chi connectivity index (χ4v) is 2.74. The molecule has 0 radical (unpaired) electrons. The SMILES string of the molecule is O=C(CN1CCCNCC1)Nc1cc(Br)cc(C(=O)O)c1. The van der Waals surface area contributed by atoms with E-state index in [4.69, 9.17) is 5.11 Å². The lowest BCUT2D eigenvalue weighted by atomic mass is 10.2. The molecule has 3 N–H and O–H groups in total. The van der Waals surface area contributed by atoms with Crippen molar-refractivity contribution in [2.75, 3.05) is 38.0 Å². The summed E-state index contributed by atoms with van der Waals surface area (Å²) in [6, 6.07) is 4.64. The highest BCUT2D eigenvalue weighted by Gasteiger charge is 2.14. The highest BCUT2D eigenvalue weighted by Crippen LogP contribution is 2.19. The summed E-state index contributed by atoms with van der Waals surface area (Å²) in [7, 11) is 0. The molecule has 0 unspecified atom stereocenters. The Hall–Kier alpha value is -1.44. The number of hydrogen-bond donors (Lipinski definition) is 3. The molecule has 0 atom stereocenters. The van der Waals surface area contributed by atoms with E-state index in [2.05, 4.69) is 31.5 Å². The van der Waals surface area contributed by atoms with E-state index in [1.165, 1.54) is 12.1 Å². The second-order valence-electron chi connectivity index (χ2n) is 4.96. The Bertz CT molecular complexity index is 528. The minimum absolute atomic E-state index is 0.133. The molecule has 6 nitrogen and oxygen atoms in total. The zero-order chi connectivity index (χ0) is 15.2. The van der Waals surface area contributed by atoms with Gasteiger partial charge in [-0.25, -0.2) is 4.79 Å². The van der Waals surface area contributed by atoms with Gasteiger partial charge in [0, 0.05) is 23.2 Å². The number of anilines is 1. The molecule has 1 aliphatic rings. The molecule has 1 aromatic rings. The summed E-state index contributed by atoms with van der Waals surface area (Å²) < 4.78 is 0.622. The average Bonchev–Trinajstić information content (AvgIpc) is 2.66. The maximum atomic E-state index is 12.0. The van der Waals surface area contributed by atoms with E-state index >= 15 is 0 Å². The normalized spacial score (nSPS) is 16.2. The molecule has 2 rings (SSSR count). The number of carboxylic acids is 1. The molecule has 114 valence electrons. The number of carbonyl (C=O) groups is 2. The van der Waals surface area contributed by atoms with Gasteiger partial charge in [0.1, 0.15) is 0 Å². The van der Waals surface area contributed by atoms with Gasteiger partial charge in [0.15, 0.2) is 0 Å². The van der Waals surface area contributed by atoms with Crippen LogP contribution < -0.4 is 10.6 Å². The van der Waals surface area contributed by atoms with Gasteiger partial charge in [0.05, 0.1) is 12.1 Å². The van der Waals surface area contributed by atoms with Crippen LogP contribution in [0.1, 0.15) is 16.8 Å². The second kappa shape index (κ2) is 7.53. The molecule has 1 heterocycles. The highest BCUT2D eigenvalue weighted by atomic mass is 79.9. The molecule has 1 saturated heterocycles. The number of nitrogens with zero attached hydrogens (tertiary/aromatic N) is 1. The number of amides is 1. The van der Waals surface area contributed by atoms with E-state index in [1.807, 2.05) is 0 Å². The Morgan fingerprint density at radius 3 is 2.86 bits per heavy atom. The quantitative estimate of drug-likeness (QED) is 0.760. The summed E-state index contributed by atoms with van der Waals surface area (Å²) in [6.07, 6.45) is 1.02. The maximum Gasteiger partial charge on any atom is 0.335 e. The average molecular weight is 356 g/mol. The highest BCUT2D eigenvalue weighted by molar-refractivity contribution is 9.10. The third-order valence-corrected chi connectivity index (χ3v) is 3.69. The third kappa shape index (κ3) is 5.11. The number of carboxylic acid groups (broad SMARTS) is 1. The van der Waals surface area contributed by atoms with Gasteiger partial charge in [-0.05, 0) is 37.7 Å². The van der Waals surface area contributed by atoms with E-state index < -0.39 is 5.97 Å². The largest absolute Gasteiger partial charge is 0.478 e. The van der Waals surface area contributed by atoms with Crippen molar-refractivity contribution in [1.82, 2.24) is 10.2 Å². The maximum absolute atomic E-state index is 12.0. The molecule has 0 aromatic heterocycles. The fraction of sp³-hybridized carbons (Fsp3) is 0.429. The molecular formula is C14H18BrN3O3. The Morgan fingerprint density at radius 1 is 1.29 bits per heavy atom. The van der Waals surface area contributed by atoms with Gasteiger partial charge in [-0.2, -0.15) is 0 Å². The Morgan fingerprint density at radius 2 is 2.10 bits per heavy atom. The van der Waals surface area contributed by atoms with Crippen molar-refractivity contribution in [2.24, 2.45) is 0 Å². The first-order chi connectivity index (χ1) is 10.0. The van der Waals surface area contributed by atoms with Crippen molar-refractivity contribution in [1.29, 1.82) is 0 Å². The second-order valence-corrected chi connectivity index (χ2v) is 5.88. The van der Waals surface area contributed by atoms with Crippen LogP contribution in [0.3, 0.4) is 0 Å². The van der Waals surface area contributed by atoms with Gasteiger partial charge in [0.2, 0.25) is 5.91 Å². The fourth-order valence-electron chi connectivity index (χ4n) is 2.25. The van der Waals surface area contributed by atoms with Crippen LogP contribution in [-0.2, 0) is 4.79 Å². The minimum atomic E-state index is -1.02. The molecule has 1 aliphatic heterocycles. The van der Waals surface area contributed by atoms with Crippen LogP contribution >= 0.6 is 15.9 Å². The van der Waals surface area contributed by atoms with Crippen LogP contribution in [0.25, 0.3) is 0 Å². The lowest BCUT2D eigenvalue weighted by molar-refractivity contribution is -0.117. The Kier molecular flexibility index (Phi) is 5.72. The summed E-state index contributed by atoms with van der Waals surface area (Å²) in [5, 5.41) is 15.0. The van der Waals surface area contributed by atoms with E-state index in [0.29, 0.717) is 16.7 Å². The molecule has 0 bridgehead atoms. The van der Waals surface area contributed by atoms with Crippen molar-refractivity contribution in [3.63, 3.8) is 0 Å². The van der Waals surface area contributed by atoms with Crippen molar-refractivity contribution in [3.05, 3.63) is 28.2 Å². The van der Waals surface area contributed by atoms with Crippen LogP contribution in [-0.4, -0.2) is 54.6 Å². The Labute approximate surface area is 131 Å². The predicted octanol–water partition coefficient (Wildman–Crippen LogP) is 1.38. The zero-order valence-electron chi connectivity index (χ0n) is 11.6. The molecule has 1 aromatic carbocycles. The minimum Gasteiger partial charge on any atom is -0.478 e. The number of carbonyl (C=O) groups excluding carboxylic acids is 1. The predicted molar refractivity (Wildman–Crippen MR) is 83.7 cm³/mol. The number of rotatable bonds is 4. The van der Waals surface area contributed by atoms with Crippen LogP contribution in [0.4, 0.5) is 5.69 Å². The van der Waals surface area contributed by atoms with Crippen LogP contribution in [0.2, 0.25) is 0 Å². The van der Waals surface area contributed by atoms with Gasteiger partial charge in [-0.15, -0.1) is 0 Å². The van der Waals surface area contributed by atoms with Gasteiger partial charge in [0.25, 0.3) is 0 Å². The standard InChI is InChI=1S/C14H18BrN3O3/c15-11-6-10(14(20)21)7-12(8-11)17-13(19)9-18-4-1-2-16-3-5-18/h6-8,16H,1-5,9H2,(H,17,19)(H,20,21). The summed E-state index contributed by atoms with van der Waals surface area (Å²) in [5.74, 6) is -1.16. The number of benzene rings is 1. The van der Waals surface area contributed by atoms with Crippen LogP contribution in [0, 0.1) is 0 Å². The first-order valence-corrected chi connectivity index (χ1v) is 7.61. The molecule has 21 heavy (non-hydrogen) atoms. The number of aromatic carboxylic acids is 1. The lowest BCUT2D eigenvalue weighted by Gasteiger charge is -2.18. The topological polar surface area (TPSA) is 81.7 Å². The summed E-state index contributed by atoms with van der Waals surface area (Å²) in [5.41, 5.74) is 0.623. The summed E-state index contributed by atoms with van der Waals surface area (Å²) >= 11 is 3.25. The molecule has 1 amide bonds. The van der Waals surface area contributed by atoms with Crippen LogP contribution in [0.5, 0.6) is 0 Å². The Balaban J connectivity index is 1.97. The van der Waals surface area contributed by atoms with Gasteiger partial charge < -0.3 is 15.7 Å². The zero-order valence-corrected chi connectivity index (χ0v) is 13.1. The van der Waals surface area contributed by atoms with E-state index in [9.17, 15) is 9.59 Å². The number of nitrogens with one attached hydrogen (secondary N) is 2. The molecular weight excluding hydrogens is 338 g/mol. The summed E-state index contributed by atoms with van der Waals surface area (Å²) in [6.45, 7) is 3.90. The third-order valence-electron chi connectivity index (χ3n) is 3.23. The number of hydrogen-bond acceptors (Lipinski definition) is 4. The molecule has 0 saturated carbocycles. The van der Waals surface area contributed by atoms with E-state index in [1.54, 1.807) is 6.07 Å². The van der Waals surface area contributed by atoms with Gasteiger partial charge >= 0.3 is 5.97 Å². The van der Waals surface area contributed by atoms with Crippen molar-refractivity contribution in [2.45, 2.75) is 6.42 Å². The van der Waals surface area contributed by atoms with Gasteiger partial charge in [-0.1, -0.05) is 15.9 Å².